The highest BCUT2D eigenvalue weighted by Crippen LogP contribution is 2.51. The van der Waals surface area contributed by atoms with Gasteiger partial charge in [0.2, 0.25) is 5.91 Å². The van der Waals surface area contributed by atoms with Gasteiger partial charge in [-0.1, -0.05) is 101 Å². The summed E-state index contributed by atoms with van der Waals surface area (Å²) in [6.45, 7) is 0. The van der Waals surface area contributed by atoms with Crippen LogP contribution in [0.1, 0.15) is 16.7 Å². The quantitative estimate of drug-likeness (QED) is 0.300. The van der Waals surface area contributed by atoms with Gasteiger partial charge in [-0.25, -0.2) is 0 Å². The zero-order chi connectivity index (χ0) is 20.7. The van der Waals surface area contributed by atoms with Crippen molar-refractivity contribution in [3.63, 3.8) is 0 Å². The van der Waals surface area contributed by atoms with Gasteiger partial charge in [-0.3, -0.25) is 4.79 Å². The fraction of sp³-hybridized carbons (Fsp3) is 0.192. The number of halogens is 1. The molecule has 0 aromatic heterocycles. The van der Waals surface area contributed by atoms with E-state index in [1.807, 2.05) is 54.6 Å². The third-order valence-electron chi connectivity index (χ3n) is 6.26. The van der Waals surface area contributed by atoms with E-state index in [1.165, 1.54) is 0 Å². The molecule has 1 fully saturated rings. The lowest BCUT2D eigenvalue weighted by atomic mass is 9.75. The van der Waals surface area contributed by atoms with Crippen molar-refractivity contribution in [1.29, 1.82) is 0 Å². The van der Waals surface area contributed by atoms with E-state index in [2.05, 4.69) is 63.3 Å². The Hall–Kier alpha value is -2.85. The molecule has 0 saturated carbocycles. The summed E-state index contributed by atoms with van der Waals surface area (Å²) in [5.41, 5.74) is 2.42. The molecule has 1 aliphatic heterocycles. The summed E-state index contributed by atoms with van der Waals surface area (Å²) in [7, 11) is 1.67. The van der Waals surface area contributed by atoms with E-state index < -0.39 is 5.54 Å². The Morgan fingerprint density at radius 1 is 0.800 bits per heavy atom. The number of carbonyl (C=O) groups excluding carboxylic acids is 1. The molecule has 1 heterocycles. The number of ether oxygens (including phenoxy) is 1. The largest absolute Gasteiger partial charge is 0.497 e. The van der Waals surface area contributed by atoms with Gasteiger partial charge in [-0.15, -0.1) is 0 Å². The third kappa shape index (κ3) is 2.67. The van der Waals surface area contributed by atoms with Crippen molar-refractivity contribution < 1.29 is 9.53 Å². The molecular weight excluding hydrogens is 438 g/mol. The van der Waals surface area contributed by atoms with E-state index in [4.69, 9.17) is 4.74 Å². The molecule has 4 heteroatoms. The zero-order valence-electron chi connectivity index (χ0n) is 16.6. The third-order valence-corrected chi connectivity index (χ3v) is 7.37. The van der Waals surface area contributed by atoms with Crippen LogP contribution in [-0.2, 0) is 10.3 Å². The van der Waals surface area contributed by atoms with Crippen LogP contribution in [0.2, 0.25) is 0 Å². The highest BCUT2D eigenvalue weighted by atomic mass is 79.9. The molecule has 3 nitrogen and oxygen atoms in total. The summed E-state index contributed by atoms with van der Waals surface area (Å²) < 4.78 is 5.41. The lowest BCUT2D eigenvalue weighted by Gasteiger charge is -2.46. The molecule has 0 radical (unpaired) electrons. The number of likely N-dealkylation sites (tertiary alicyclic amines) is 1. The van der Waals surface area contributed by atoms with E-state index in [9.17, 15) is 4.79 Å². The van der Waals surface area contributed by atoms with Crippen LogP contribution in [0.5, 0.6) is 5.75 Å². The van der Waals surface area contributed by atoms with Gasteiger partial charge in [-0.05, 0) is 28.8 Å². The minimum Gasteiger partial charge on any atom is -0.497 e. The van der Waals surface area contributed by atoms with Crippen molar-refractivity contribution in [2.45, 2.75) is 16.4 Å². The molecule has 1 amide bonds. The molecule has 0 unspecified atom stereocenters. The minimum atomic E-state index is -0.748. The van der Waals surface area contributed by atoms with Crippen LogP contribution < -0.4 is 4.74 Å². The molecule has 1 aliphatic carbocycles. The number of methoxy groups -OCH3 is 1. The monoisotopic (exact) mass is 459 g/mol. The number of rotatable bonds is 5. The first-order valence-corrected chi connectivity index (χ1v) is 11.0. The van der Waals surface area contributed by atoms with Gasteiger partial charge in [0, 0.05) is 0 Å². The maximum atomic E-state index is 13.7. The standard InChI is InChI=1S/C26H22BrNO2/c1-30-21-14-12-20(13-15-21)26(18-8-4-2-5-9-18,19-10-6-3-7-11-19)28-23-17-16-22(24(23)27)25(28)29/h2-17,22-24H,1H3/t22-,23+,24+/m1/s1. The summed E-state index contributed by atoms with van der Waals surface area (Å²) in [6, 6.07) is 28.7. The Morgan fingerprint density at radius 2 is 1.33 bits per heavy atom. The molecule has 3 aromatic rings. The lowest BCUT2D eigenvalue weighted by molar-refractivity contribution is -0.134. The van der Waals surface area contributed by atoms with Crippen molar-refractivity contribution >= 4 is 21.8 Å². The summed E-state index contributed by atoms with van der Waals surface area (Å²) >= 11 is 3.80. The zero-order valence-corrected chi connectivity index (χ0v) is 18.2. The average molecular weight is 460 g/mol. The second-order valence-electron chi connectivity index (χ2n) is 7.72. The summed E-state index contributed by atoms with van der Waals surface area (Å²) in [5.74, 6) is 0.800. The maximum Gasteiger partial charge on any atom is 0.232 e. The Morgan fingerprint density at radius 3 is 1.80 bits per heavy atom. The van der Waals surface area contributed by atoms with Crippen molar-refractivity contribution in [3.8, 4) is 5.75 Å². The molecule has 3 atom stereocenters. The molecule has 2 aliphatic rings. The van der Waals surface area contributed by atoms with Crippen LogP contribution in [-0.4, -0.2) is 28.8 Å². The highest BCUT2D eigenvalue weighted by Gasteiger charge is 2.57. The fourth-order valence-electron chi connectivity index (χ4n) is 4.91. The molecule has 0 spiro atoms. The Labute approximate surface area is 185 Å². The molecule has 150 valence electrons. The smallest absolute Gasteiger partial charge is 0.232 e. The van der Waals surface area contributed by atoms with E-state index in [0.29, 0.717) is 0 Å². The molecule has 1 saturated heterocycles. The Bertz CT molecular complexity index is 1040. The summed E-state index contributed by atoms with van der Waals surface area (Å²) in [5, 5.41) is 0. The minimum absolute atomic E-state index is 0.0231. The van der Waals surface area contributed by atoms with Crippen LogP contribution >= 0.6 is 15.9 Å². The maximum absolute atomic E-state index is 13.7. The van der Waals surface area contributed by atoms with Crippen LogP contribution in [0.25, 0.3) is 0 Å². The number of fused-ring (bicyclic) bond motifs is 2. The number of hydrogen-bond acceptors (Lipinski definition) is 2. The number of carbonyl (C=O) groups is 1. The Balaban J connectivity index is 1.84. The number of benzene rings is 3. The van der Waals surface area contributed by atoms with Crippen molar-refractivity contribution in [2.24, 2.45) is 5.92 Å². The fourth-order valence-corrected chi connectivity index (χ4v) is 5.72. The van der Waals surface area contributed by atoms with E-state index in [1.54, 1.807) is 7.11 Å². The predicted octanol–water partition coefficient (Wildman–Crippen LogP) is 5.15. The average Bonchev–Trinajstić information content (AvgIpc) is 3.29. The summed E-state index contributed by atoms with van der Waals surface area (Å²) in [6.07, 6.45) is 4.20. The van der Waals surface area contributed by atoms with Gasteiger partial charge >= 0.3 is 0 Å². The van der Waals surface area contributed by atoms with Crippen LogP contribution in [0.4, 0.5) is 0 Å². The normalized spacial score (nSPS) is 22.5. The highest BCUT2D eigenvalue weighted by molar-refractivity contribution is 9.09. The number of nitrogens with zero attached hydrogens (tertiary/aromatic N) is 1. The van der Waals surface area contributed by atoms with Gasteiger partial charge in [0.15, 0.2) is 0 Å². The molecule has 5 rings (SSSR count). The van der Waals surface area contributed by atoms with E-state index in [0.717, 1.165) is 22.4 Å². The first kappa shape index (κ1) is 19.1. The van der Waals surface area contributed by atoms with Gasteiger partial charge in [0.05, 0.1) is 23.9 Å². The molecular formula is C26H22BrNO2. The number of alkyl halides is 1. The second-order valence-corrected chi connectivity index (χ2v) is 8.78. The van der Waals surface area contributed by atoms with Crippen molar-refractivity contribution in [2.75, 3.05) is 7.11 Å². The van der Waals surface area contributed by atoms with Gasteiger partial charge in [-0.2, -0.15) is 0 Å². The van der Waals surface area contributed by atoms with Gasteiger partial charge in [0.25, 0.3) is 0 Å². The molecule has 30 heavy (non-hydrogen) atoms. The van der Waals surface area contributed by atoms with Crippen molar-refractivity contribution in [1.82, 2.24) is 4.90 Å². The predicted molar refractivity (Wildman–Crippen MR) is 122 cm³/mol. The topological polar surface area (TPSA) is 29.5 Å². The second kappa shape index (κ2) is 7.44. The van der Waals surface area contributed by atoms with Gasteiger partial charge < -0.3 is 9.64 Å². The van der Waals surface area contributed by atoms with E-state index in [-0.39, 0.29) is 22.7 Å². The number of hydrogen-bond donors (Lipinski definition) is 0. The summed E-state index contributed by atoms with van der Waals surface area (Å²) in [4.78, 5) is 15.8. The SMILES string of the molecule is COc1ccc(C(c2ccccc2)(c2ccccc2)N2C(=O)[C@@H]3C=C[C@H]2[C@H]3Br)cc1. The first-order valence-electron chi connectivity index (χ1n) is 10.1. The van der Waals surface area contributed by atoms with Crippen LogP contribution in [0.15, 0.2) is 97.1 Å². The first-order chi connectivity index (χ1) is 14.7. The van der Waals surface area contributed by atoms with E-state index >= 15 is 0 Å². The van der Waals surface area contributed by atoms with Crippen LogP contribution in [0, 0.1) is 5.92 Å². The Kier molecular flexibility index (Phi) is 4.75. The lowest BCUT2D eigenvalue weighted by Crippen LogP contribution is -2.53. The van der Waals surface area contributed by atoms with Crippen molar-refractivity contribution in [3.05, 3.63) is 114 Å². The molecule has 0 N–H and O–H groups in total. The van der Waals surface area contributed by atoms with Gasteiger partial charge in [0.1, 0.15) is 11.3 Å². The molecule has 3 aromatic carbocycles. The number of amides is 1. The van der Waals surface area contributed by atoms with Crippen LogP contribution in [0.3, 0.4) is 0 Å². The molecule has 2 bridgehead atoms.